The zero-order valence-corrected chi connectivity index (χ0v) is 9.78. The minimum absolute atomic E-state index is 0.147. The van der Waals surface area contributed by atoms with Crippen molar-refractivity contribution in [3.05, 3.63) is 0 Å². The van der Waals surface area contributed by atoms with Crippen molar-refractivity contribution in [3.63, 3.8) is 0 Å². The molecule has 0 saturated heterocycles. The Kier molecular flexibility index (Phi) is 6.38. The summed E-state index contributed by atoms with van der Waals surface area (Å²) in [6.07, 6.45) is -6.66. The average Bonchev–Trinajstić information content (AvgIpc) is 2.23. The SMILES string of the molecule is CC(=O)C(=[Se])[C@H](O)[C@@H](O)[C@H](O)[C@H](O)CO. The van der Waals surface area contributed by atoms with E-state index in [1.807, 2.05) is 0 Å². The van der Waals surface area contributed by atoms with E-state index in [0.717, 1.165) is 0 Å². The van der Waals surface area contributed by atoms with Gasteiger partial charge in [0.2, 0.25) is 0 Å². The predicted octanol–water partition coefficient (Wildman–Crippen LogP) is -3.65. The van der Waals surface area contributed by atoms with Crippen molar-refractivity contribution in [1.82, 2.24) is 0 Å². The van der Waals surface area contributed by atoms with Gasteiger partial charge in [-0.2, -0.15) is 0 Å². The number of aliphatic hydroxyl groups is 5. The molecule has 4 atom stereocenters. The van der Waals surface area contributed by atoms with Crippen LogP contribution >= 0.6 is 0 Å². The monoisotopic (exact) mass is 286 g/mol. The van der Waals surface area contributed by atoms with Gasteiger partial charge in [0.25, 0.3) is 0 Å². The Bertz CT molecular complexity index is 243. The molecular formula is C8H14O6Se. The number of carbonyl (C=O) groups is 1. The van der Waals surface area contributed by atoms with Gasteiger partial charge in [-0.1, -0.05) is 0 Å². The van der Waals surface area contributed by atoms with Gasteiger partial charge in [0.05, 0.1) is 0 Å². The third-order valence-corrected chi connectivity index (χ3v) is 2.98. The van der Waals surface area contributed by atoms with Crippen molar-refractivity contribution in [1.29, 1.82) is 0 Å². The van der Waals surface area contributed by atoms with Crippen LogP contribution in [0.2, 0.25) is 0 Å². The van der Waals surface area contributed by atoms with Gasteiger partial charge in [-0.3, -0.25) is 0 Å². The van der Waals surface area contributed by atoms with Crippen LogP contribution in [-0.4, -0.2) is 82.3 Å². The van der Waals surface area contributed by atoms with Crippen molar-refractivity contribution in [2.45, 2.75) is 31.3 Å². The molecule has 0 rings (SSSR count). The van der Waals surface area contributed by atoms with Gasteiger partial charge in [0.1, 0.15) is 0 Å². The number of hydrogen-bond acceptors (Lipinski definition) is 6. The van der Waals surface area contributed by atoms with E-state index in [1.54, 1.807) is 0 Å². The van der Waals surface area contributed by atoms with E-state index >= 15 is 0 Å². The summed E-state index contributed by atoms with van der Waals surface area (Å²) in [5.74, 6) is -0.479. The van der Waals surface area contributed by atoms with Crippen LogP contribution in [0.4, 0.5) is 0 Å². The second kappa shape index (κ2) is 6.44. The Hall–Kier alpha value is -0.141. The maximum absolute atomic E-state index is 10.8. The number of ketones is 1. The quantitative estimate of drug-likeness (QED) is 0.321. The zero-order chi connectivity index (χ0) is 12.2. The van der Waals surface area contributed by atoms with Crippen LogP contribution in [0.15, 0.2) is 0 Å². The first-order valence-corrected chi connectivity index (χ1v) is 5.06. The number of hydrogen-bond donors (Lipinski definition) is 5. The normalized spacial score (nSPS) is 19.1. The molecule has 0 aromatic heterocycles. The second-order valence-electron chi connectivity index (χ2n) is 3.10. The van der Waals surface area contributed by atoms with Crippen LogP contribution in [0, 0.1) is 0 Å². The van der Waals surface area contributed by atoms with Gasteiger partial charge >= 0.3 is 94.1 Å². The second-order valence-corrected chi connectivity index (χ2v) is 4.02. The fourth-order valence-electron chi connectivity index (χ4n) is 0.886. The topological polar surface area (TPSA) is 118 Å². The van der Waals surface area contributed by atoms with Gasteiger partial charge < -0.3 is 0 Å². The summed E-state index contributed by atoms with van der Waals surface area (Å²) >= 11 is 2.27. The molecule has 0 radical (unpaired) electrons. The fraction of sp³-hybridized carbons (Fsp3) is 0.750. The molecular weight excluding hydrogens is 271 g/mol. The van der Waals surface area contributed by atoms with Gasteiger partial charge in [0.15, 0.2) is 0 Å². The van der Waals surface area contributed by atoms with Crippen LogP contribution in [0.5, 0.6) is 0 Å². The molecule has 0 saturated carbocycles. The van der Waals surface area contributed by atoms with Crippen molar-refractivity contribution < 1.29 is 30.3 Å². The molecule has 0 heterocycles. The van der Waals surface area contributed by atoms with Crippen molar-refractivity contribution in [3.8, 4) is 0 Å². The van der Waals surface area contributed by atoms with Crippen LogP contribution in [0.25, 0.3) is 0 Å². The van der Waals surface area contributed by atoms with E-state index in [2.05, 4.69) is 15.6 Å². The molecule has 0 unspecified atom stereocenters. The Labute approximate surface area is 94.5 Å². The van der Waals surface area contributed by atoms with E-state index in [9.17, 15) is 20.1 Å². The molecule has 0 aromatic carbocycles. The molecule has 0 aliphatic rings. The van der Waals surface area contributed by atoms with Crippen LogP contribution in [-0.2, 0) is 4.79 Å². The summed E-state index contributed by atoms with van der Waals surface area (Å²) in [7, 11) is 0. The van der Waals surface area contributed by atoms with Gasteiger partial charge in [-0.15, -0.1) is 0 Å². The summed E-state index contributed by atoms with van der Waals surface area (Å²) in [4.78, 5) is 10.8. The summed E-state index contributed by atoms with van der Waals surface area (Å²) < 4.78 is -0.147. The van der Waals surface area contributed by atoms with Crippen molar-refractivity contribution in [2.24, 2.45) is 0 Å². The van der Waals surface area contributed by atoms with E-state index in [4.69, 9.17) is 10.2 Å². The van der Waals surface area contributed by atoms with E-state index in [-0.39, 0.29) is 4.42 Å². The molecule has 88 valence electrons. The molecule has 0 amide bonds. The van der Waals surface area contributed by atoms with Crippen LogP contribution in [0.1, 0.15) is 6.92 Å². The molecule has 0 aromatic rings. The minimum atomic E-state index is -1.74. The average molecular weight is 285 g/mol. The predicted molar refractivity (Wildman–Crippen MR) is 52.6 cm³/mol. The maximum atomic E-state index is 10.8. The fourth-order valence-corrected chi connectivity index (χ4v) is 1.18. The van der Waals surface area contributed by atoms with Gasteiger partial charge in [-0.05, 0) is 0 Å². The van der Waals surface area contributed by atoms with Crippen molar-refractivity contribution >= 4 is 25.8 Å². The van der Waals surface area contributed by atoms with Gasteiger partial charge in [-0.25, -0.2) is 0 Å². The molecule has 7 heteroatoms. The van der Waals surface area contributed by atoms with Gasteiger partial charge in [0, 0.05) is 0 Å². The Balaban J connectivity index is 4.50. The summed E-state index contributed by atoms with van der Waals surface area (Å²) in [6, 6.07) is 0. The summed E-state index contributed by atoms with van der Waals surface area (Å²) in [5.41, 5.74) is 0. The first-order valence-electron chi connectivity index (χ1n) is 4.20. The van der Waals surface area contributed by atoms with Crippen LogP contribution < -0.4 is 0 Å². The standard InChI is InChI=1S/C8H14O6Se/c1-3(10)8(15)7(14)6(13)5(12)4(11)2-9/h4-7,9,11-14H,2H2,1H3/t4-,5-,6+,7-/m1/s1. The van der Waals surface area contributed by atoms with E-state index in [1.165, 1.54) is 6.92 Å². The number of carbonyl (C=O) groups excluding carboxylic acids is 1. The third kappa shape index (κ3) is 4.08. The molecule has 0 fully saturated rings. The Morgan fingerprint density at radius 2 is 1.67 bits per heavy atom. The first-order chi connectivity index (χ1) is 6.82. The van der Waals surface area contributed by atoms with E-state index < -0.39 is 36.8 Å². The molecule has 15 heavy (non-hydrogen) atoms. The summed E-state index contributed by atoms with van der Waals surface area (Å²) in [6.45, 7) is 0.421. The first kappa shape index (κ1) is 14.9. The molecule has 5 N–H and O–H groups in total. The molecule has 0 spiro atoms. The molecule has 0 aliphatic heterocycles. The third-order valence-electron chi connectivity index (χ3n) is 1.87. The number of Topliss-reactive ketones (excluding diaryl/α,β-unsaturated/α-hetero) is 1. The Morgan fingerprint density at radius 1 is 1.20 bits per heavy atom. The molecule has 0 bridgehead atoms. The Morgan fingerprint density at radius 3 is 2.00 bits per heavy atom. The van der Waals surface area contributed by atoms with E-state index in [0.29, 0.717) is 0 Å². The number of aliphatic hydroxyl groups excluding tert-OH is 5. The number of rotatable bonds is 6. The summed E-state index contributed by atoms with van der Waals surface area (Å²) in [5, 5.41) is 45.4. The van der Waals surface area contributed by atoms with Crippen LogP contribution in [0.3, 0.4) is 0 Å². The zero-order valence-electron chi connectivity index (χ0n) is 8.07. The molecule has 6 nitrogen and oxygen atoms in total. The van der Waals surface area contributed by atoms with Crippen molar-refractivity contribution in [2.75, 3.05) is 6.61 Å². The molecule has 0 aliphatic carbocycles.